The quantitative estimate of drug-likeness (QED) is 0.689. The number of carbonyl (C=O) groups excluding carboxylic acids is 1. The second-order valence-electron chi connectivity index (χ2n) is 4.12. The van der Waals surface area contributed by atoms with Crippen LogP contribution in [0.25, 0.3) is 11.4 Å². The normalized spacial score (nSPS) is 10.6. The molecule has 0 atom stereocenters. The van der Waals surface area contributed by atoms with Crippen LogP contribution in [-0.2, 0) is 4.79 Å². The van der Waals surface area contributed by atoms with Crippen molar-refractivity contribution in [2.75, 3.05) is 11.1 Å². The third-order valence-corrected chi connectivity index (χ3v) is 4.47. The molecular weight excluding hydrogens is 342 g/mol. The van der Waals surface area contributed by atoms with E-state index >= 15 is 0 Å². The highest BCUT2D eigenvalue weighted by atomic mass is 35.5. The molecule has 112 valence electrons. The van der Waals surface area contributed by atoms with Gasteiger partial charge in [0.05, 0.1) is 10.8 Å². The van der Waals surface area contributed by atoms with E-state index in [0.29, 0.717) is 21.1 Å². The van der Waals surface area contributed by atoms with Crippen molar-refractivity contribution < 1.29 is 4.79 Å². The Hall–Kier alpha value is -1.90. The highest BCUT2D eigenvalue weighted by Gasteiger charge is 2.11. The fourth-order valence-electron chi connectivity index (χ4n) is 1.66. The molecule has 0 aliphatic heterocycles. The summed E-state index contributed by atoms with van der Waals surface area (Å²) in [5.74, 6) is 0.636. The van der Waals surface area contributed by atoms with Gasteiger partial charge in [-0.15, -0.1) is 16.4 Å². The molecule has 0 aliphatic carbocycles. The molecule has 0 bridgehead atoms. The number of thiazole rings is 1. The van der Waals surface area contributed by atoms with Gasteiger partial charge in [0.2, 0.25) is 11.1 Å². The van der Waals surface area contributed by atoms with Crippen molar-refractivity contribution in [2.45, 2.75) is 5.16 Å². The number of nitrogens with one attached hydrogen (secondary N) is 2. The zero-order valence-electron chi connectivity index (χ0n) is 11.1. The molecule has 2 aromatic heterocycles. The fraction of sp³-hybridized carbons (Fsp3) is 0.0769. The predicted octanol–water partition coefficient (Wildman–Crippen LogP) is 3.31. The second kappa shape index (κ2) is 6.91. The van der Waals surface area contributed by atoms with Crippen molar-refractivity contribution in [1.82, 2.24) is 20.2 Å². The van der Waals surface area contributed by atoms with E-state index in [1.165, 1.54) is 23.1 Å². The molecule has 9 heteroatoms. The smallest absolute Gasteiger partial charge is 0.236 e. The summed E-state index contributed by atoms with van der Waals surface area (Å²) < 4.78 is 0. The molecule has 1 amide bonds. The van der Waals surface area contributed by atoms with Crippen LogP contribution in [0.1, 0.15) is 0 Å². The van der Waals surface area contributed by atoms with Gasteiger partial charge >= 0.3 is 0 Å². The molecule has 6 nitrogen and oxygen atoms in total. The number of benzene rings is 1. The summed E-state index contributed by atoms with van der Waals surface area (Å²) in [5, 5.41) is 13.1. The third kappa shape index (κ3) is 3.65. The van der Waals surface area contributed by atoms with Gasteiger partial charge in [-0.2, -0.15) is 0 Å². The maximum Gasteiger partial charge on any atom is 0.236 e. The number of rotatable bonds is 5. The van der Waals surface area contributed by atoms with Crippen LogP contribution in [0.2, 0.25) is 5.02 Å². The largest absolute Gasteiger partial charge is 0.301 e. The number of nitrogens with zero attached hydrogens (tertiary/aromatic N) is 3. The number of hydrogen-bond acceptors (Lipinski definition) is 6. The van der Waals surface area contributed by atoms with Gasteiger partial charge in [-0.1, -0.05) is 35.5 Å². The Morgan fingerprint density at radius 2 is 2.27 bits per heavy atom. The first kappa shape index (κ1) is 15.0. The van der Waals surface area contributed by atoms with Gasteiger partial charge in [-0.3, -0.25) is 9.89 Å². The number of hydrogen-bond donors (Lipinski definition) is 2. The standard InChI is InChI=1S/C13H10ClN5OS2/c14-9-4-2-1-3-8(9)11-17-13(19-18-11)22-7-10(20)16-12-15-5-6-21-12/h1-6H,7H2,(H,15,16,20)(H,17,18,19). The zero-order chi connectivity index (χ0) is 15.4. The molecule has 22 heavy (non-hydrogen) atoms. The van der Waals surface area contributed by atoms with Gasteiger partial charge in [-0.05, 0) is 12.1 Å². The Balaban J connectivity index is 1.60. The lowest BCUT2D eigenvalue weighted by Crippen LogP contribution is -2.13. The molecular formula is C13H10ClN5OS2. The van der Waals surface area contributed by atoms with Gasteiger partial charge in [-0.25, -0.2) is 9.97 Å². The van der Waals surface area contributed by atoms with E-state index in [9.17, 15) is 4.79 Å². The maximum atomic E-state index is 11.8. The van der Waals surface area contributed by atoms with Gasteiger partial charge in [0, 0.05) is 17.1 Å². The summed E-state index contributed by atoms with van der Waals surface area (Å²) in [7, 11) is 0. The number of H-pyrrole nitrogens is 1. The zero-order valence-corrected chi connectivity index (χ0v) is 13.5. The Bertz CT molecular complexity index is 774. The summed E-state index contributed by atoms with van der Waals surface area (Å²) in [6.07, 6.45) is 1.64. The number of amides is 1. The summed E-state index contributed by atoms with van der Waals surface area (Å²) in [5.41, 5.74) is 0.774. The summed E-state index contributed by atoms with van der Waals surface area (Å²) in [6.45, 7) is 0. The predicted molar refractivity (Wildman–Crippen MR) is 88.3 cm³/mol. The van der Waals surface area contributed by atoms with E-state index in [2.05, 4.69) is 25.5 Å². The third-order valence-electron chi connectivity index (χ3n) is 2.60. The first-order valence-electron chi connectivity index (χ1n) is 6.22. The Morgan fingerprint density at radius 1 is 1.41 bits per heavy atom. The monoisotopic (exact) mass is 351 g/mol. The van der Waals surface area contributed by atoms with Crippen LogP contribution in [0.5, 0.6) is 0 Å². The van der Waals surface area contributed by atoms with Crippen LogP contribution in [0.3, 0.4) is 0 Å². The SMILES string of the molecule is O=C(CSc1n[nH]c(-c2ccccc2Cl)n1)Nc1nccs1. The van der Waals surface area contributed by atoms with E-state index in [-0.39, 0.29) is 11.7 Å². The van der Waals surface area contributed by atoms with Crippen molar-refractivity contribution in [2.24, 2.45) is 0 Å². The van der Waals surface area contributed by atoms with E-state index in [1.54, 1.807) is 17.6 Å². The van der Waals surface area contributed by atoms with Gasteiger partial charge in [0.1, 0.15) is 0 Å². The van der Waals surface area contributed by atoms with Crippen LogP contribution in [0.4, 0.5) is 5.13 Å². The molecule has 0 saturated heterocycles. The van der Waals surface area contributed by atoms with Gasteiger partial charge < -0.3 is 5.32 Å². The van der Waals surface area contributed by atoms with Crippen LogP contribution >= 0.6 is 34.7 Å². The first-order chi connectivity index (χ1) is 10.7. The average molecular weight is 352 g/mol. The van der Waals surface area contributed by atoms with E-state index in [1.807, 2.05) is 18.2 Å². The number of aromatic amines is 1. The molecule has 3 rings (SSSR count). The number of halogens is 1. The number of thioether (sulfide) groups is 1. The highest BCUT2D eigenvalue weighted by molar-refractivity contribution is 7.99. The number of aromatic nitrogens is 4. The molecule has 0 saturated carbocycles. The van der Waals surface area contributed by atoms with Crippen LogP contribution in [0.15, 0.2) is 41.0 Å². The van der Waals surface area contributed by atoms with Gasteiger partial charge in [0.25, 0.3) is 0 Å². The van der Waals surface area contributed by atoms with Crippen molar-refractivity contribution >= 4 is 45.7 Å². The molecule has 1 aromatic carbocycles. The lowest BCUT2D eigenvalue weighted by atomic mass is 10.2. The van der Waals surface area contributed by atoms with Crippen LogP contribution in [-0.4, -0.2) is 31.8 Å². The van der Waals surface area contributed by atoms with Crippen molar-refractivity contribution in [3.8, 4) is 11.4 Å². The van der Waals surface area contributed by atoms with Crippen LogP contribution < -0.4 is 5.32 Å². The average Bonchev–Trinajstić information content (AvgIpc) is 3.17. The second-order valence-corrected chi connectivity index (χ2v) is 6.36. The fourth-order valence-corrected chi connectivity index (χ4v) is 3.02. The van der Waals surface area contributed by atoms with Crippen molar-refractivity contribution in [3.05, 3.63) is 40.9 Å². The Morgan fingerprint density at radius 3 is 3.05 bits per heavy atom. The minimum absolute atomic E-state index is 0.149. The topological polar surface area (TPSA) is 83.6 Å². The van der Waals surface area contributed by atoms with Crippen LogP contribution in [0, 0.1) is 0 Å². The Labute approximate surface area is 139 Å². The molecule has 0 fully saturated rings. The minimum Gasteiger partial charge on any atom is -0.301 e. The number of anilines is 1. The molecule has 0 radical (unpaired) electrons. The van der Waals surface area contributed by atoms with E-state index in [0.717, 1.165) is 5.56 Å². The molecule has 0 aliphatic rings. The van der Waals surface area contributed by atoms with Crippen molar-refractivity contribution in [3.63, 3.8) is 0 Å². The summed E-state index contributed by atoms with van der Waals surface area (Å²) >= 11 is 8.72. The number of carbonyl (C=O) groups is 1. The first-order valence-corrected chi connectivity index (χ1v) is 8.46. The molecule has 2 N–H and O–H groups in total. The Kier molecular flexibility index (Phi) is 4.71. The lowest BCUT2D eigenvalue weighted by Gasteiger charge is -1.99. The summed E-state index contributed by atoms with van der Waals surface area (Å²) in [4.78, 5) is 20.1. The molecule has 2 heterocycles. The molecule has 0 unspecified atom stereocenters. The lowest BCUT2D eigenvalue weighted by molar-refractivity contribution is -0.113. The summed E-state index contributed by atoms with van der Waals surface area (Å²) in [6, 6.07) is 7.36. The maximum absolute atomic E-state index is 11.8. The highest BCUT2D eigenvalue weighted by Crippen LogP contribution is 2.26. The molecule has 3 aromatic rings. The molecule has 0 spiro atoms. The van der Waals surface area contributed by atoms with E-state index < -0.39 is 0 Å². The minimum atomic E-state index is -0.149. The van der Waals surface area contributed by atoms with Crippen molar-refractivity contribution in [1.29, 1.82) is 0 Å². The van der Waals surface area contributed by atoms with Gasteiger partial charge in [0.15, 0.2) is 11.0 Å². The van der Waals surface area contributed by atoms with E-state index in [4.69, 9.17) is 11.6 Å².